The van der Waals surface area contributed by atoms with Crippen LogP contribution in [0.3, 0.4) is 0 Å². The molecule has 2 aromatic heterocycles. The summed E-state index contributed by atoms with van der Waals surface area (Å²) < 4.78 is 2.28. The molecule has 0 amide bonds. The first-order chi connectivity index (χ1) is 9.41. The highest BCUT2D eigenvalue weighted by Gasteiger charge is 2.15. The van der Waals surface area contributed by atoms with Gasteiger partial charge in [-0.2, -0.15) is 0 Å². The minimum absolute atomic E-state index is 0.597. The lowest BCUT2D eigenvalue weighted by atomic mass is 10.2. The SMILES string of the molecule is Cc1nc(N)c2c(C)c(C)n(CCCCN(C)C)c2n1. The van der Waals surface area contributed by atoms with Crippen molar-refractivity contribution in [3.8, 4) is 0 Å². The maximum Gasteiger partial charge on any atom is 0.146 e. The van der Waals surface area contributed by atoms with E-state index in [-0.39, 0.29) is 0 Å². The molecule has 0 aliphatic heterocycles. The number of anilines is 1. The van der Waals surface area contributed by atoms with Gasteiger partial charge in [-0.25, -0.2) is 9.97 Å². The molecule has 0 atom stereocenters. The molecule has 2 N–H and O–H groups in total. The molecule has 0 fully saturated rings. The molecule has 20 heavy (non-hydrogen) atoms. The van der Waals surface area contributed by atoms with E-state index < -0.39 is 0 Å². The summed E-state index contributed by atoms with van der Waals surface area (Å²) in [7, 11) is 4.22. The van der Waals surface area contributed by atoms with Crippen molar-refractivity contribution in [2.24, 2.45) is 0 Å². The van der Waals surface area contributed by atoms with Crippen LogP contribution in [0, 0.1) is 20.8 Å². The second-order valence-corrected chi connectivity index (χ2v) is 5.73. The zero-order valence-electron chi connectivity index (χ0n) is 13.2. The van der Waals surface area contributed by atoms with Gasteiger partial charge in [0.15, 0.2) is 0 Å². The Kier molecular flexibility index (Phi) is 4.28. The summed E-state index contributed by atoms with van der Waals surface area (Å²) in [6.07, 6.45) is 2.33. The molecule has 0 saturated carbocycles. The maximum absolute atomic E-state index is 6.06. The summed E-state index contributed by atoms with van der Waals surface area (Å²) >= 11 is 0. The Labute approximate surface area is 120 Å². The number of nitrogen functional groups attached to an aromatic ring is 1. The predicted molar refractivity (Wildman–Crippen MR) is 83.9 cm³/mol. The molecule has 0 aliphatic carbocycles. The summed E-state index contributed by atoms with van der Waals surface area (Å²) in [5.41, 5.74) is 9.49. The number of hydrogen-bond acceptors (Lipinski definition) is 4. The minimum atomic E-state index is 0.597. The fourth-order valence-electron chi connectivity index (χ4n) is 2.65. The van der Waals surface area contributed by atoms with Gasteiger partial charge in [0.2, 0.25) is 0 Å². The average molecular weight is 275 g/mol. The van der Waals surface area contributed by atoms with Gasteiger partial charge in [-0.3, -0.25) is 0 Å². The smallest absolute Gasteiger partial charge is 0.146 e. The highest BCUT2D eigenvalue weighted by Crippen LogP contribution is 2.27. The van der Waals surface area contributed by atoms with E-state index in [1.54, 1.807) is 0 Å². The van der Waals surface area contributed by atoms with Crippen LogP contribution in [0.5, 0.6) is 0 Å². The van der Waals surface area contributed by atoms with Gasteiger partial charge in [-0.15, -0.1) is 0 Å². The van der Waals surface area contributed by atoms with Crippen LogP contribution in [0.1, 0.15) is 29.9 Å². The number of rotatable bonds is 5. The second-order valence-electron chi connectivity index (χ2n) is 5.73. The van der Waals surface area contributed by atoms with E-state index in [1.165, 1.54) is 17.7 Å². The Morgan fingerprint density at radius 1 is 1.10 bits per heavy atom. The van der Waals surface area contributed by atoms with Crippen LogP contribution < -0.4 is 5.73 Å². The highest BCUT2D eigenvalue weighted by atomic mass is 15.1. The minimum Gasteiger partial charge on any atom is -0.383 e. The van der Waals surface area contributed by atoms with Gasteiger partial charge in [0.05, 0.1) is 5.39 Å². The van der Waals surface area contributed by atoms with Crippen molar-refractivity contribution in [3.63, 3.8) is 0 Å². The third-order valence-corrected chi connectivity index (χ3v) is 3.85. The van der Waals surface area contributed by atoms with E-state index in [9.17, 15) is 0 Å². The number of unbranched alkanes of at least 4 members (excludes halogenated alkanes) is 1. The van der Waals surface area contributed by atoms with Gasteiger partial charge in [0.25, 0.3) is 0 Å². The molecule has 0 bridgehead atoms. The average Bonchev–Trinajstić information content (AvgIpc) is 2.58. The van der Waals surface area contributed by atoms with Crippen molar-refractivity contribution in [1.82, 2.24) is 19.4 Å². The first-order valence-corrected chi connectivity index (χ1v) is 7.16. The third kappa shape index (κ3) is 2.77. The van der Waals surface area contributed by atoms with Crippen molar-refractivity contribution in [3.05, 3.63) is 17.1 Å². The number of nitrogens with two attached hydrogens (primary N) is 1. The van der Waals surface area contributed by atoms with Crippen molar-refractivity contribution < 1.29 is 0 Å². The molecule has 5 heteroatoms. The Bertz CT molecular complexity index is 612. The monoisotopic (exact) mass is 275 g/mol. The van der Waals surface area contributed by atoms with Crippen molar-refractivity contribution in [1.29, 1.82) is 0 Å². The number of aromatic nitrogens is 3. The molecule has 0 unspecified atom stereocenters. The Morgan fingerprint density at radius 3 is 2.45 bits per heavy atom. The molecule has 0 spiro atoms. The summed E-state index contributed by atoms with van der Waals surface area (Å²) in [6, 6.07) is 0. The summed E-state index contributed by atoms with van der Waals surface area (Å²) in [5, 5.41) is 1.01. The van der Waals surface area contributed by atoms with Crippen LogP contribution in [-0.4, -0.2) is 40.1 Å². The maximum atomic E-state index is 6.06. The molecule has 2 aromatic rings. The quantitative estimate of drug-likeness (QED) is 0.850. The van der Waals surface area contributed by atoms with Gasteiger partial charge in [0.1, 0.15) is 17.3 Å². The van der Waals surface area contributed by atoms with E-state index in [0.717, 1.165) is 36.4 Å². The zero-order valence-corrected chi connectivity index (χ0v) is 13.2. The van der Waals surface area contributed by atoms with Gasteiger partial charge < -0.3 is 15.2 Å². The lowest BCUT2D eigenvalue weighted by Gasteiger charge is -2.11. The molecule has 0 aliphatic rings. The molecule has 5 nitrogen and oxygen atoms in total. The van der Waals surface area contributed by atoms with Crippen LogP contribution >= 0.6 is 0 Å². The van der Waals surface area contributed by atoms with Crippen LogP contribution in [-0.2, 0) is 6.54 Å². The Hall–Kier alpha value is -1.62. The summed E-state index contributed by atoms with van der Waals surface area (Å²) in [6.45, 7) is 8.23. The molecular weight excluding hydrogens is 250 g/mol. The van der Waals surface area contributed by atoms with Gasteiger partial charge in [-0.1, -0.05) is 0 Å². The lowest BCUT2D eigenvalue weighted by molar-refractivity contribution is 0.388. The fourth-order valence-corrected chi connectivity index (χ4v) is 2.65. The first kappa shape index (κ1) is 14.8. The van der Waals surface area contributed by atoms with Gasteiger partial charge in [-0.05, 0) is 59.8 Å². The van der Waals surface area contributed by atoms with E-state index >= 15 is 0 Å². The van der Waals surface area contributed by atoms with Crippen molar-refractivity contribution in [2.45, 2.75) is 40.2 Å². The normalized spacial score (nSPS) is 11.7. The molecule has 2 rings (SSSR count). The Balaban J connectivity index is 2.31. The molecule has 0 saturated heterocycles. The van der Waals surface area contributed by atoms with E-state index in [1.807, 2.05) is 6.92 Å². The van der Waals surface area contributed by atoms with E-state index in [2.05, 4.69) is 47.4 Å². The standard InChI is InChI=1S/C15H25N5/c1-10-11(2)20(9-7-6-8-19(4)5)15-13(10)14(16)17-12(3)18-15/h6-9H2,1-5H3,(H2,16,17,18). The molecule has 0 aromatic carbocycles. The topological polar surface area (TPSA) is 60.0 Å². The van der Waals surface area contributed by atoms with Crippen LogP contribution in [0.25, 0.3) is 11.0 Å². The summed E-state index contributed by atoms with van der Waals surface area (Å²) in [4.78, 5) is 11.1. The summed E-state index contributed by atoms with van der Waals surface area (Å²) in [5.74, 6) is 1.34. The highest BCUT2D eigenvalue weighted by molar-refractivity contribution is 5.91. The molecule has 0 radical (unpaired) electrons. The van der Waals surface area contributed by atoms with Gasteiger partial charge in [0, 0.05) is 12.2 Å². The van der Waals surface area contributed by atoms with Crippen LogP contribution in [0.2, 0.25) is 0 Å². The number of nitrogens with zero attached hydrogens (tertiary/aromatic N) is 4. The number of hydrogen-bond donors (Lipinski definition) is 1. The number of fused-ring (bicyclic) bond motifs is 1. The Morgan fingerprint density at radius 2 is 1.80 bits per heavy atom. The molecule has 2 heterocycles. The van der Waals surface area contributed by atoms with Crippen LogP contribution in [0.15, 0.2) is 0 Å². The second kappa shape index (κ2) is 5.79. The third-order valence-electron chi connectivity index (χ3n) is 3.85. The van der Waals surface area contributed by atoms with Crippen LogP contribution in [0.4, 0.5) is 5.82 Å². The number of aryl methyl sites for hydroxylation is 3. The van der Waals surface area contributed by atoms with Gasteiger partial charge >= 0.3 is 0 Å². The fraction of sp³-hybridized carbons (Fsp3) is 0.600. The molecule has 110 valence electrons. The van der Waals surface area contributed by atoms with E-state index in [4.69, 9.17) is 5.73 Å². The zero-order chi connectivity index (χ0) is 14.9. The molecular formula is C15H25N5. The van der Waals surface area contributed by atoms with Crippen molar-refractivity contribution in [2.75, 3.05) is 26.4 Å². The first-order valence-electron chi connectivity index (χ1n) is 7.16. The predicted octanol–water partition coefficient (Wildman–Crippen LogP) is 2.28. The lowest BCUT2D eigenvalue weighted by Crippen LogP contribution is -2.13. The van der Waals surface area contributed by atoms with Crippen molar-refractivity contribution >= 4 is 16.9 Å². The van der Waals surface area contributed by atoms with E-state index in [0.29, 0.717) is 5.82 Å². The largest absolute Gasteiger partial charge is 0.383 e.